The van der Waals surface area contributed by atoms with E-state index in [0.717, 1.165) is 11.1 Å². The lowest BCUT2D eigenvalue weighted by Gasteiger charge is -1.98. The van der Waals surface area contributed by atoms with Crippen LogP contribution in [0.15, 0.2) is 35.5 Å². The smallest absolute Gasteiger partial charge is 0.0947 e. The average molecular weight is 156 g/mol. The van der Waals surface area contributed by atoms with Gasteiger partial charge in [-0.05, 0) is 25.0 Å². The summed E-state index contributed by atoms with van der Waals surface area (Å²) in [7, 11) is 0. The highest BCUT2D eigenvalue weighted by Gasteiger charge is 2.00. The first-order valence-corrected chi connectivity index (χ1v) is 3.73. The standard InChI is InChI=1S/C10H8N2/c11-7-9-3-1-2-4-10(8-12)6-5-9/h1-4H,5-6H2. The van der Waals surface area contributed by atoms with Crippen LogP contribution >= 0.6 is 0 Å². The lowest BCUT2D eigenvalue weighted by atomic mass is 10.0. The fourth-order valence-electron chi connectivity index (χ4n) is 0.966. The van der Waals surface area contributed by atoms with Crippen LogP contribution in [0.25, 0.3) is 0 Å². The maximum atomic E-state index is 8.61. The molecule has 0 aromatic heterocycles. The first-order valence-electron chi connectivity index (χ1n) is 3.73. The molecule has 0 aromatic rings. The van der Waals surface area contributed by atoms with E-state index < -0.39 is 0 Å². The van der Waals surface area contributed by atoms with Gasteiger partial charge in [-0.3, -0.25) is 0 Å². The van der Waals surface area contributed by atoms with Gasteiger partial charge in [-0.15, -0.1) is 0 Å². The van der Waals surface area contributed by atoms with Crippen molar-refractivity contribution in [3.8, 4) is 12.1 Å². The highest BCUT2D eigenvalue weighted by Crippen LogP contribution is 2.13. The second-order valence-corrected chi connectivity index (χ2v) is 2.49. The van der Waals surface area contributed by atoms with Gasteiger partial charge in [0.2, 0.25) is 0 Å². The van der Waals surface area contributed by atoms with E-state index in [1.165, 1.54) is 0 Å². The molecule has 0 saturated carbocycles. The van der Waals surface area contributed by atoms with Crippen LogP contribution in [0.1, 0.15) is 12.8 Å². The third kappa shape index (κ3) is 2.11. The van der Waals surface area contributed by atoms with Crippen LogP contribution in [-0.2, 0) is 0 Å². The number of hydrogen-bond acceptors (Lipinski definition) is 2. The van der Waals surface area contributed by atoms with E-state index >= 15 is 0 Å². The molecule has 0 aromatic carbocycles. The summed E-state index contributed by atoms with van der Waals surface area (Å²) in [6.45, 7) is 0. The first-order chi connectivity index (χ1) is 5.86. The van der Waals surface area contributed by atoms with Crippen LogP contribution in [0.5, 0.6) is 0 Å². The monoisotopic (exact) mass is 156 g/mol. The van der Waals surface area contributed by atoms with Gasteiger partial charge in [0.05, 0.1) is 12.1 Å². The summed E-state index contributed by atoms with van der Waals surface area (Å²) >= 11 is 0. The van der Waals surface area contributed by atoms with Gasteiger partial charge in [0.15, 0.2) is 0 Å². The minimum absolute atomic E-state index is 0.667. The molecule has 12 heavy (non-hydrogen) atoms. The number of nitriles is 2. The molecule has 0 bridgehead atoms. The van der Waals surface area contributed by atoms with Crippen molar-refractivity contribution in [1.82, 2.24) is 0 Å². The van der Waals surface area contributed by atoms with Crippen LogP contribution in [0.4, 0.5) is 0 Å². The second kappa shape index (κ2) is 4.16. The molecule has 1 rings (SSSR count). The second-order valence-electron chi connectivity index (χ2n) is 2.49. The van der Waals surface area contributed by atoms with Crippen molar-refractivity contribution < 1.29 is 0 Å². The summed E-state index contributed by atoms with van der Waals surface area (Å²) in [5.41, 5.74) is 1.46. The molecule has 0 heterocycles. The van der Waals surface area contributed by atoms with Crippen LogP contribution in [0.3, 0.4) is 0 Å². The summed E-state index contributed by atoms with van der Waals surface area (Å²) < 4.78 is 0. The molecule has 0 aliphatic heterocycles. The van der Waals surface area contributed by atoms with Crippen molar-refractivity contribution in [2.24, 2.45) is 0 Å². The third-order valence-electron chi connectivity index (χ3n) is 1.66. The summed E-state index contributed by atoms with van der Waals surface area (Å²) in [5, 5.41) is 17.2. The van der Waals surface area contributed by atoms with Gasteiger partial charge >= 0.3 is 0 Å². The summed E-state index contributed by atoms with van der Waals surface area (Å²) in [5.74, 6) is 0. The lowest BCUT2D eigenvalue weighted by molar-refractivity contribution is 0.973. The minimum atomic E-state index is 0.667. The zero-order valence-electron chi connectivity index (χ0n) is 6.62. The van der Waals surface area contributed by atoms with E-state index in [4.69, 9.17) is 10.5 Å². The highest BCUT2D eigenvalue weighted by atomic mass is 14.3. The predicted octanol–water partition coefficient (Wildman–Crippen LogP) is 2.24. The van der Waals surface area contributed by atoms with Gasteiger partial charge in [-0.25, -0.2) is 0 Å². The fraction of sp³-hybridized carbons (Fsp3) is 0.200. The van der Waals surface area contributed by atoms with E-state index in [0.29, 0.717) is 12.8 Å². The molecule has 1 aliphatic rings. The Morgan fingerprint density at radius 3 is 1.67 bits per heavy atom. The van der Waals surface area contributed by atoms with Crippen molar-refractivity contribution in [2.75, 3.05) is 0 Å². The Hall–Kier alpha value is -1.80. The summed E-state index contributed by atoms with van der Waals surface area (Å²) in [6, 6.07) is 4.18. The van der Waals surface area contributed by atoms with Gasteiger partial charge in [0.25, 0.3) is 0 Å². The Bertz CT molecular complexity index is 298. The summed E-state index contributed by atoms with van der Waals surface area (Å²) in [6.07, 6.45) is 8.47. The zero-order valence-corrected chi connectivity index (χ0v) is 6.62. The average Bonchev–Trinajstić information content (AvgIpc) is 2.05. The predicted molar refractivity (Wildman–Crippen MR) is 45.8 cm³/mol. The van der Waals surface area contributed by atoms with Crippen LogP contribution in [-0.4, -0.2) is 0 Å². The molecular formula is C10H8N2. The van der Waals surface area contributed by atoms with E-state index in [1.807, 2.05) is 0 Å². The molecular weight excluding hydrogens is 148 g/mol. The van der Waals surface area contributed by atoms with E-state index in [1.54, 1.807) is 24.3 Å². The number of nitrogens with zero attached hydrogens (tertiary/aromatic N) is 2. The number of allylic oxidation sites excluding steroid dienone is 6. The molecule has 0 atom stereocenters. The topological polar surface area (TPSA) is 47.6 Å². The Labute approximate surface area is 71.7 Å². The van der Waals surface area contributed by atoms with Crippen LogP contribution < -0.4 is 0 Å². The molecule has 0 unspecified atom stereocenters. The molecule has 58 valence electrons. The van der Waals surface area contributed by atoms with Gasteiger partial charge in [-0.1, -0.05) is 12.2 Å². The van der Waals surface area contributed by atoms with Crippen molar-refractivity contribution in [3.05, 3.63) is 35.5 Å². The maximum absolute atomic E-state index is 8.61. The normalized spacial score (nSPS) is 16.2. The molecule has 0 amide bonds. The largest absolute Gasteiger partial charge is 0.193 e. The van der Waals surface area contributed by atoms with Crippen molar-refractivity contribution in [3.63, 3.8) is 0 Å². The molecule has 0 N–H and O–H groups in total. The van der Waals surface area contributed by atoms with E-state index in [9.17, 15) is 0 Å². The van der Waals surface area contributed by atoms with E-state index in [-0.39, 0.29) is 0 Å². The first kappa shape index (κ1) is 8.30. The molecule has 1 aliphatic carbocycles. The van der Waals surface area contributed by atoms with Gasteiger partial charge in [-0.2, -0.15) is 10.5 Å². The van der Waals surface area contributed by atoms with Crippen molar-refractivity contribution in [1.29, 1.82) is 10.5 Å². The number of rotatable bonds is 0. The highest BCUT2D eigenvalue weighted by molar-refractivity contribution is 5.34. The summed E-state index contributed by atoms with van der Waals surface area (Å²) in [4.78, 5) is 0. The quantitative estimate of drug-likeness (QED) is 0.540. The number of hydrogen-bond donors (Lipinski definition) is 0. The Morgan fingerprint density at radius 2 is 1.33 bits per heavy atom. The van der Waals surface area contributed by atoms with Gasteiger partial charge in [0.1, 0.15) is 0 Å². The molecule has 0 spiro atoms. The zero-order chi connectivity index (χ0) is 8.81. The lowest BCUT2D eigenvalue weighted by Crippen LogP contribution is -1.85. The molecule has 2 nitrogen and oxygen atoms in total. The van der Waals surface area contributed by atoms with Crippen LogP contribution in [0, 0.1) is 22.7 Å². The Morgan fingerprint density at radius 1 is 0.917 bits per heavy atom. The Balaban J connectivity index is 2.81. The molecule has 0 saturated heterocycles. The third-order valence-corrected chi connectivity index (χ3v) is 1.66. The van der Waals surface area contributed by atoms with Crippen LogP contribution in [0.2, 0.25) is 0 Å². The SMILES string of the molecule is N#CC1=CC=CC=C(C#N)CC1. The fourth-order valence-corrected chi connectivity index (χ4v) is 0.966. The van der Waals surface area contributed by atoms with Gasteiger partial charge in [0, 0.05) is 11.1 Å². The molecule has 0 fully saturated rings. The van der Waals surface area contributed by atoms with Crippen molar-refractivity contribution >= 4 is 0 Å². The molecule has 0 radical (unpaired) electrons. The van der Waals surface area contributed by atoms with Gasteiger partial charge < -0.3 is 0 Å². The van der Waals surface area contributed by atoms with Crippen molar-refractivity contribution in [2.45, 2.75) is 12.8 Å². The Kier molecular flexibility index (Phi) is 2.87. The van der Waals surface area contributed by atoms with E-state index in [2.05, 4.69) is 12.1 Å². The minimum Gasteiger partial charge on any atom is -0.193 e. The molecule has 2 heteroatoms. The maximum Gasteiger partial charge on any atom is 0.0947 e.